The number of benzene rings is 1. The first kappa shape index (κ1) is 15.1. The normalized spacial score (nSPS) is 15.9. The standard InChI is InChI=1S/C16H19N5O2/c1-8-7-16(2,3)21-13-10(8)5-9(23-4)6-11(13)12(14(21)22)19-20-15(17)18/h5-7,22H,1-4H3,(H3,17,18). The summed E-state index contributed by atoms with van der Waals surface area (Å²) in [5.74, 6) is 0.237. The van der Waals surface area contributed by atoms with Gasteiger partial charge in [-0.1, -0.05) is 6.08 Å². The maximum atomic E-state index is 10.7. The molecule has 120 valence electrons. The molecule has 7 nitrogen and oxygen atoms in total. The third kappa shape index (κ3) is 2.16. The summed E-state index contributed by atoms with van der Waals surface area (Å²) >= 11 is 0. The molecule has 4 N–H and O–H groups in total. The lowest BCUT2D eigenvalue weighted by Crippen LogP contribution is -2.26. The number of ether oxygens (including phenoxy) is 1. The summed E-state index contributed by atoms with van der Waals surface area (Å²) < 4.78 is 7.18. The van der Waals surface area contributed by atoms with Gasteiger partial charge in [-0.15, -0.1) is 10.2 Å². The number of aromatic hydroxyl groups is 1. The van der Waals surface area contributed by atoms with Crippen molar-refractivity contribution in [3.8, 4) is 11.6 Å². The highest BCUT2D eigenvalue weighted by Crippen LogP contribution is 2.49. The molecule has 23 heavy (non-hydrogen) atoms. The molecule has 7 heteroatoms. The van der Waals surface area contributed by atoms with Crippen LogP contribution in [0.3, 0.4) is 0 Å². The zero-order valence-electron chi connectivity index (χ0n) is 13.5. The van der Waals surface area contributed by atoms with E-state index in [1.165, 1.54) is 0 Å². The van der Waals surface area contributed by atoms with Crippen LogP contribution in [-0.2, 0) is 5.54 Å². The maximum absolute atomic E-state index is 10.7. The number of methoxy groups -OCH3 is 1. The molecule has 0 saturated heterocycles. The van der Waals surface area contributed by atoms with Gasteiger partial charge in [0.1, 0.15) is 5.75 Å². The van der Waals surface area contributed by atoms with Crippen molar-refractivity contribution in [2.24, 2.45) is 16.0 Å². The van der Waals surface area contributed by atoms with Gasteiger partial charge in [0.25, 0.3) is 0 Å². The van der Waals surface area contributed by atoms with Crippen molar-refractivity contribution in [1.29, 1.82) is 5.41 Å². The van der Waals surface area contributed by atoms with Crippen LogP contribution < -0.4 is 10.5 Å². The largest absolute Gasteiger partial charge is 0.497 e. The first-order chi connectivity index (χ1) is 10.8. The zero-order valence-corrected chi connectivity index (χ0v) is 13.5. The minimum absolute atomic E-state index is 0.00625. The van der Waals surface area contributed by atoms with E-state index in [9.17, 15) is 5.11 Å². The molecule has 0 unspecified atom stereocenters. The van der Waals surface area contributed by atoms with Crippen molar-refractivity contribution in [2.45, 2.75) is 26.3 Å². The minimum Gasteiger partial charge on any atom is -0.497 e. The Bertz CT molecular complexity index is 890. The van der Waals surface area contributed by atoms with Gasteiger partial charge in [0, 0.05) is 10.9 Å². The van der Waals surface area contributed by atoms with Crippen LogP contribution in [0.4, 0.5) is 5.69 Å². The van der Waals surface area contributed by atoms with Crippen molar-refractivity contribution >= 4 is 28.1 Å². The van der Waals surface area contributed by atoms with Crippen LogP contribution in [-0.4, -0.2) is 22.7 Å². The topological polar surface area (TPSA) is 109 Å². The van der Waals surface area contributed by atoms with E-state index in [0.29, 0.717) is 11.1 Å². The van der Waals surface area contributed by atoms with E-state index in [1.54, 1.807) is 13.2 Å². The van der Waals surface area contributed by atoms with Gasteiger partial charge < -0.3 is 20.1 Å². The molecule has 2 heterocycles. The second kappa shape index (κ2) is 4.84. The van der Waals surface area contributed by atoms with Crippen molar-refractivity contribution < 1.29 is 9.84 Å². The van der Waals surface area contributed by atoms with Crippen molar-refractivity contribution in [2.75, 3.05) is 7.11 Å². The quantitative estimate of drug-likeness (QED) is 0.448. The Kier molecular flexibility index (Phi) is 3.17. The number of rotatable bonds is 2. The number of hydrogen-bond donors (Lipinski definition) is 3. The minimum atomic E-state index is -0.420. The predicted octanol–water partition coefficient (Wildman–Crippen LogP) is 3.48. The number of allylic oxidation sites excluding steroid dienone is 2. The molecule has 0 aliphatic carbocycles. The van der Waals surface area contributed by atoms with Crippen LogP contribution in [0.1, 0.15) is 26.3 Å². The van der Waals surface area contributed by atoms with E-state index in [4.69, 9.17) is 15.9 Å². The first-order valence-corrected chi connectivity index (χ1v) is 7.17. The fourth-order valence-corrected chi connectivity index (χ4v) is 3.22. The monoisotopic (exact) mass is 313 g/mol. The van der Waals surface area contributed by atoms with Crippen LogP contribution in [0.15, 0.2) is 28.4 Å². The number of aromatic nitrogens is 1. The van der Waals surface area contributed by atoms with E-state index in [0.717, 1.165) is 16.7 Å². The Morgan fingerprint density at radius 2 is 2.09 bits per heavy atom. The highest BCUT2D eigenvalue weighted by molar-refractivity contribution is 6.03. The van der Waals surface area contributed by atoms with Gasteiger partial charge in [-0.25, -0.2) is 0 Å². The Hall–Kier alpha value is -2.83. The maximum Gasteiger partial charge on any atom is 0.232 e. The van der Waals surface area contributed by atoms with Crippen LogP contribution in [0.2, 0.25) is 0 Å². The highest BCUT2D eigenvalue weighted by Gasteiger charge is 2.32. The molecule has 0 atom stereocenters. The number of azo groups is 1. The van der Waals surface area contributed by atoms with Crippen LogP contribution in [0.25, 0.3) is 16.5 Å². The Labute approximate surface area is 133 Å². The smallest absolute Gasteiger partial charge is 0.232 e. The van der Waals surface area contributed by atoms with Gasteiger partial charge in [0.15, 0.2) is 5.69 Å². The van der Waals surface area contributed by atoms with E-state index in [-0.39, 0.29) is 11.6 Å². The van der Waals surface area contributed by atoms with Gasteiger partial charge in [0.05, 0.1) is 18.2 Å². The van der Waals surface area contributed by atoms with E-state index < -0.39 is 11.5 Å². The number of nitrogens with zero attached hydrogens (tertiary/aromatic N) is 3. The summed E-state index contributed by atoms with van der Waals surface area (Å²) in [5.41, 5.74) is 8.05. The van der Waals surface area contributed by atoms with Crippen molar-refractivity contribution in [1.82, 2.24) is 4.57 Å². The van der Waals surface area contributed by atoms with Gasteiger partial charge in [-0.2, -0.15) is 0 Å². The fourth-order valence-electron chi connectivity index (χ4n) is 3.22. The summed E-state index contributed by atoms with van der Waals surface area (Å²) in [4.78, 5) is 0. The molecular formula is C16H19N5O2. The molecule has 0 radical (unpaired) electrons. The molecule has 0 amide bonds. The van der Waals surface area contributed by atoms with Gasteiger partial charge in [0.2, 0.25) is 11.8 Å². The number of hydrogen-bond acceptors (Lipinski definition) is 4. The molecule has 0 fully saturated rings. The Balaban J connectivity index is 2.45. The molecule has 1 aromatic heterocycles. The average Bonchev–Trinajstić information content (AvgIpc) is 2.74. The first-order valence-electron chi connectivity index (χ1n) is 7.17. The second-order valence-corrected chi connectivity index (χ2v) is 6.15. The molecule has 0 spiro atoms. The molecule has 0 bridgehead atoms. The fraction of sp³-hybridized carbons (Fsp3) is 0.312. The predicted molar refractivity (Wildman–Crippen MR) is 89.6 cm³/mol. The Morgan fingerprint density at radius 1 is 1.39 bits per heavy atom. The van der Waals surface area contributed by atoms with E-state index >= 15 is 0 Å². The van der Waals surface area contributed by atoms with Crippen molar-refractivity contribution in [3.05, 3.63) is 23.8 Å². The van der Waals surface area contributed by atoms with Gasteiger partial charge in [-0.3, -0.25) is 5.41 Å². The third-order valence-corrected chi connectivity index (χ3v) is 4.05. The van der Waals surface area contributed by atoms with Crippen LogP contribution in [0.5, 0.6) is 11.6 Å². The summed E-state index contributed by atoms with van der Waals surface area (Å²) in [5, 5.41) is 26.2. The lowest BCUT2D eigenvalue weighted by molar-refractivity contribution is 0.362. The SMILES string of the molecule is COc1cc2c3c(c1)c(N=NC(=N)N)c(O)n3C(C)(C)C=C2C. The van der Waals surface area contributed by atoms with Crippen LogP contribution in [0, 0.1) is 5.41 Å². The Morgan fingerprint density at radius 3 is 2.70 bits per heavy atom. The van der Waals surface area contributed by atoms with E-state index in [1.807, 2.05) is 31.4 Å². The molecular weight excluding hydrogens is 294 g/mol. The summed E-state index contributed by atoms with van der Waals surface area (Å²) in [6, 6.07) is 3.74. The summed E-state index contributed by atoms with van der Waals surface area (Å²) in [6.45, 7) is 6.05. The molecule has 1 aliphatic rings. The second-order valence-electron chi connectivity index (χ2n) is 6.15. The molecule has 1 aromatic carbocycles. The third-order valence-electron chi connectivity index (χ3n) is 4.05. The molecule has 0 saturated carbocycles. The number of nitrogens with two attached hydrogens (primary N) is 1. The lowest BCUT2D eigenvalue weighted by Gasteiger charge is -2.31. The molecule has 3 rings (SSSR count). The van der Waals surface area contributed by atoms with E-state index in [2.05, 4.69) is 16.3 Å². The average molecular weight is 313 g/mol. The van der Waals surface area contributed by atoms with Crippen molar-refractivity contribution in [3.63, 3.8) is 0 Å². The summed E-state index contributed by atoms with van der Waals surface area (Å²) in [7, 11) is 1.59. The summed E-state index contributed by atoms with van der Waals surface area (Å²) in [6.07, 6.45) is 2.08. The van der Waals surface area contributed by atoms with Gasteiger partial charge >= 0.3 is 0 Å². The number of guanidine groups is 1. The van der Waals surface area contributed by atoms with Gasteiger partial charge in [-0.05, 0) is 38.5 Å². The zero-order chi connectivity index (χ0) is 16.9. The lowest BCUT2D eigenvalue weighted by atomic mass is 9.92. The molecule has 1 aliphatic heterocycles. The molecule has 2 aromatic rings. The number of nitrogens with one attached hydrogen (secondary N) is 1. The highest BCUT2D eigenvalue weighted by atomic mass is 16.5. The van der Waals surface area contributed by atoms with Crippen LogP contribution >= 0.6 is 0 Å².